The highest BCUT2D eigenvalue weighted by Crippen LogP contribution is 2.26. The number of hydrogen-bond acceptors (Lipinski definition) is 3. The Labute approximate surface area is 119 Å². The first-order chi connectivity index (χ1) is 9.23. The SMILES string of the molecule is CCC1OCCC1CN1CCCNC(CC)(CC)C1. The number of ether oxygens (including phenoxy) is 1. The molecule has 3 nitrogen and oxygen atoms in total. The van der Waals surface area contributed by atoms with E-state index in [0.717, 1.165) is 12.5 Å². The van der Waals surface area contributed by atoms with Crippen molar-refractivity contribution in [2.45, 2.75) is 64.5 Å². The third-order valence-electron chi connectivity index (χ3n) is 5.27. The molecule has 112 valence electrons. The number of nitrogens with zero attached hydrogens (tertiary/aromatic N) is 1. The van der Waals surface area contributed by atoms with Crippen molar-refractivity contribution in [2.75, 3.05) is 32.8 Å². The highest BCUT2D eigenvalue weighted by atomic mass is 16.5. The van der Waals surface area contributed by atoms with Gasteiger partial charge in [0, 0.05) is 25.2 Å². The first kappa shape index (κ1) is 15.3. The summed E-state index contributed by atoms with van der Waals surface area (Å²) in [4.78, 5) is 2.70. The van der Waals surface area contributed by atoms with Crippen molar-refractivity contribution < 1.29 is 4.74 Å². The van der Waals surface area contributed by atoms with Gasteiger partial charge in [-0.2, -0.15) is 0 Å². The first-order valence-corrected chi connectivity index (χ1v) is 8.32. The Hall–Kier alpha value is -0.120. The summed E-state index contributed by atoms with van der Waals surface area (Å²) in [6, 6.07) is 0. The number of hydrogen-bond donors (Lipinski definition) is 1. The van der Waals surface area contributed by atoms with E-state index in [1.807, 2.05) is 0 Å². The van der Waals surface area contributed by atoms with E-state index in [9.17, 15) is 0 Å². The van der Waals surface area contributed by atoms with Gasteiger partial charge in [-0.3, -0.25) is 0 Å². The predicted octanol–water partition coefficient (Wildman–Crippen LogP) is 2.66. The first-order valence-electron chi connectivity index (χ1n) is 8.32. The normalized spacial score (nSPS) is 32.4. The van der Waals surface area contributed by atoms with Crippen LogP contribution >= 0.6 is 0 Å². The molecule has 2 atom stereocenters. The van der Waals surface area contributed by atoms with Crippen molar-refractivity contribution in [1.29, 1.82) is 0 Å². The van der Waals surface area contributed by atoms with Crippen LogP contribution in [-0.4, -0.2) is 49.3 Å². The smallest absolute Gasteiger partial charge is 0.0613 e. The molecule has 0 aliphatic carbocycles. The van der Waals surface area contributed by atoms with E-state index in [2.05, 4.69) is 31.0 Å². The highest BCUT2D eigenvalue weighted by molar-refractivity contribution is 4.92. The lowest BCUT2D eigenvalue weighted by Crippen LogP contribution is -2.51. The largest absolute Gasteiger partial charge is 0.378 e. The van der Waals surface area contributed by atoms with E-state index in [4.69, 9.17) is 4.74 Å². The van der Waals surface area contributed by atoms with E-state index in [1.54, 1.807) is 0 Å². The third-order valence-corrected chi connectivity index (χ3v) is 5.27. The van der Waals surface area contributed by atoms with Crippen LogP contribution in [0.15, 0.2) is 0 Å². The summed E-state index contributed by atoms with van der Waals surface area (Å²) in [6.07, 6.45) is 6.69. The van der Waals surface area contributed by atoms with E-state index < -0.39 is 0 Å². The van der Waals surface area contributed by atoms with Crippen molar-refractivity contribution in [3.63, 3.8) is 0 Å². The lowest BCUT2D eigenvalue weighted by Gasteiger charge is -2.36. The molecule has 2 saturated heterocycles. The summed E-state index contributed by atoms with van der Waals surface area (Å²) >= 11 is 0. The minimum Gasteiger partial charge on any atom is -0.378 e. The van der Waals surface area contributed by atoms with Gasteiger partial charge in [-0.05, 0) is 51.1 Å². The monoisotopic (exact) mass is 268 g/mol. The van der Waals surface area contributed by atoms with E-state index >= 15 is 0 Å². The molecule has 0 aromatic heterocycles. The minimum absolute atomic E-state index is 0.345. The lowest BCUT2D eigenvalue weighted by molar-refractivity contribution is 0.0718. The molecule has 2 heterocycles. The molecule has 2 aliphatic rings. The zero-order chi connectivity index (χ0) is 13.7. The van der Waals surface area contributed by atoms with Crippen LogP contribution in [0.2, 0.25) is 0 Å². The molecule has 0 aromatic rings. The standard InChI is InChI=1S/C16H32N2O/c1-4-15-14(8-11-19-15)12-18-10-7-9-17-16(5-2,6-3)13-18/h14-15,17H,4-13H2,1-3H3. The average Bonchev–Trinajstić information content (AvgIpc) is 2.78. The summed E-state index contributed by atoms with van der Waals surface area (Å²) < 4.78 is 5.85. The quantitative estimate of drug-likeness (QED) is 0.829. The summed E-state index contributed by atoms with van der Waals surface area (Å²) in [5.41, 5.74) is 0.345. The molecule has 2 aliphatic heterocycles. The number of nitrogens with one attached hydrogen (secondary N) is 1. The molecular formula is C16H32N2O. The molecule has 3 heteroatoms. The molecule has 0 saturated carbocycles. The molecule has 0 spiro atoms. The molecule has 0 bridgehead atoms. The van der Waals surface area contributed by atoms with Crippen molar-refractivity contribution in [3.05, 3.63) is 0 Å². The van der Waals surface area contributed by atoms with E-state index in [-0.39, 0.29) is 0 Å². The molecule has 2 unspecified atom stereocenters. The van der Waals surface area contributed by atoms with Crippen molar-refractivity contribution >= 4 is 0 Å². The molecule has 0 amide bonds. The van der Waals surface area contributed by atoms with Crippen LogP contribution in [0.25, 0.3) is 0 Å². The second-order valence-electron chi connectivity index (χ2n) is 6.37. The van der Waals surface area contributed by atoms with Gasteiger partial charge >= 0.3 is 0 Å². The lowest BCUT2D eigenvalue weighted by atomic mass is 9.91. The fraction of sp³-hybridized carbons (Fsp3) is 1.00. The molecule has 0 aromatic carbocycles. The molecule has 2 fully saturated rings. The second-order valence-corrected chi connectivity index (χ2v) is 6.37. The van der Waals surface area contributed by atoms with Crippen LogP contribution in [0.4, 0.5) is 0 Å². The minimum atomic E-state index is 0.345. The van der Waals surface area contributed by atoms with Crippen LogP contribution in [0.3, 0.4) is 0 Å². The van der Waals surface area contributed by atoms with E-state index in [0.29, 0.717) is 11.6 Å². The molecule has 2 rings (SSSR count). The van der Waals surface area contributed by atoms with Crippen LogP contribution in [-0.2, 0) is 4.74 Å². The van der Waals surface area contributed by atoms with Crippen molar-refractivity contribution in [3.8, 4) is 0 Å². The Morgan fingerprint density at radius 3 is 2.74 bits per heavy atom. The summed E-state index contributed by atoms with van der Waals surface area (Å²) in [6.45, 7) is 12.8. The Bertz CT molecular complexity index is 265. The Balaban J connectivity index is 1.94. The van der Waals surface area contributed by atoms with Gasteiger partial charge in [-0.1, -0.05) is 20.8 Å². The van der Waals surface area contributed by atoms with E-state index in [1.165, 1.54) is 58.3 Å². The van der Waals surface area contributed by atoms with Gasteiger partial charge in [-0.25, -0.2) is 0 Å². The molecule has 0 radical (unpaired) electrons. The topological polar surface area (TPSA) is 24.5 Å². The Morgan fingerprint density at radius 1 is 1.26 bits per heavy atom. The fourth-order valence-electron chi connectivity index (χ4n) is 3.78. The zero-order valence-corrected chi connectivity index (χ0v) is 13.1. The maximum absolute atomic E-state index is 5.85. The van der Waals surface area contributed by atoms with Crippen molar-refractivity contribution in [1.82, 2.24) is 10.2 Å². The molecule has 1 N–H and O–H groups in total. The predicted molar refractivity (Wildman–Crippen MR) is 80.5 cm³/mol. The van der Waals surface area contributed by atoms with Gasteiger partial charge in [0.2, 0.25) is 0 Å². The van der Waals surface area contributed by atoms with Crippen LogP contribution in [0.1, 0.15) is 52.9 Å². The maximum Gasteiger partial charge on any atom is 0.0613 e. The van der Waals surface area contributed by atoms with Gasteiger partial charge in [0.05, 0.1) is 6.10 Å². The summed E-state index contributed by atoms with van der Waals surface area (Å²) in [5, 5.41) is 3.80. The van der Waals surface area contributed by atoms with Gasteiger partial charge < -0.3 is 15.0 Å². The molecular weight excluding hydrogens is 236 g/mol. The third kappa shape index (κ3) is 3.71. The maximum atomic E-state index is 5.85. The average molecular weight is 268 g/mol. The van der Waals surface area contributed by atoms with Gasteiger partial charge in [0.25, 0.3) is 0 Å². The molecule has 19 heavy (non-hydrogen) atoms. The van der Waals surface area contributed by atoms with Crippen molar-refractivity contribution in [2.24, 2.45) is 5.92 Å². The zero-order valence-electron chi connectivity index (χ0n) is 13.1. The van der Waals surface area contributed by atoms with Gasteiger partial charge in [-0.15, -0.1) is 0 Å². The van der Waals surface area contributed by atoms with Gasteiger partial charge in [0.15, 0.2) is 0 Å². The fourth-order valence-corrected chi connectivity index (χ4v) is 3.78. The van der Waals surface area contributed by atoms with Crippen LogP contribution in [0, 0.1) is 5.92 Å². The van der Waals surface area contributed by atoms with Gasteiger partial charge in [0.1, 0.15) is 0 Å². The number of rotatable bonds is 5. The van der Waals surface area contributed by atoms with Crippen LogP contribution < -0.4 is 5.32 Å². The second kappa shape index (κ2) is 7.05. The Morgan fingerprint density at radius 2 is 2.05 bits per heavy atom. The summed E-state index contributed by atoms with van der Waals surface area (Å²) in [7, 11) is 0. The summed E-state index contributed by atoms with van der Waals surface area (Å²) in [5.74, 6) is 0.759. The van der Waals surface area contributed by atoms with Crippen LogP contribution in [0.5, 0.6) is 0 Å². The Kier molecular flexibility index (Phi) is 5.67. The highest BCUT2D eigenvalue weighted by Gasteiger charge is 2.33.